The van der Waals surface area contributed by atoms with E-state index >= 15 is 0 Å². The summed E-state index contributed by atoms with van der Waals surface area (Å²) in [6.07, 6.45) is -0.0678. The Labute approximate surface area is 90.3 Å². The molecule has 3 nitrogen and oxygen atoms in total. The molecular weight excluding hydrogens is 335 g/mol. The van der Waals surface area contributed by atoms with Crippen molar-refractivity contribution in [1.29, 1.82) is 0 Å². The normalized spacial score (nSPS) is 34.0. The van der Waals surface area contributed by atoms with Crippen molar-refractivity contribution in [3.63, 3.8) is 0 Å². The summed E-state index contributed by atoms with van der Waals surface area (Å²) < 4.78 is 9.79. The molecule has 0 aliphatic carbocycles. The maximum atomic E-state index is 8.68. The molecule has 2 atom stereocenters. The number of rotatable bonds is 1. The van der Waals surface area contributed by atoms with Crippen LogP contribution in [0.2, 0.25) is 0 Å². The van der Waals surface area contributed by atoms with E-state index in [1.807, 2.05) is 6.92 Å². The Morgan fingerprint density at radius 2 is 2.33 bits per heavy atom. The first-order chi connectivity index (χ1) is 3.83. The Morgan fingerprint density at radius 1 is 1.67 bits per heavy atom. The molecule has 1 N–H and O–H groups in total. The standard InChI is InChI=1S/C5H10O3.Ac/c1-2-5-7-3-4(6)8-5;/h4-6H,2-3H2,1H3;. The Hall–Kier alpha value is 1.32. The maximum Gasteiger partial charge on any atom is 0.181 e. The van der Waals surface area contributed by atoms with Gasteiger partial charge in [-0.15, -0.1) is 0 Å². The van der Waals surface area contributed by atoms with Crippen molar-refractivity contribution in [1.82, 2.24) is 0 Å². The van der Waals surface area contributed by atoms with Crippen LogP contribution < -0.4 is 0 Å². The number of aliphatic hydroxyl groups excluding tert-OH is 1. The Balaban J connectivity index is 0.000000640. The third-order valence-corrected chi connectivity index (χ3v) is 1.07. The predicted molar refractivity (Wildman–Crippen MR) is 27.1 cm³/mol. The first-order valence-corrected chi connectivity index (χ1v) is 2.78. The summed E-state index contributed by atoms with van der Waals surface area (Å²) >= 11 is 0. The third kappa shape index (κ3) is 3.29. The zero-order valence-corrected chi connectivity index (χ0v) is 10.2. The minimum Gasteiger partial charge on any atom is -0.366 e. The van der Waals surface area contributed by atoms with Crippen molar-refractivity contribution in [2.45, 2.75) is 25.9 Å². The van der Waals surface area contributed by atoms with E-state index in [-0.39, 0.29) is 50.4 Å². The number of hydrogen-bond donors (Lipinski definition) is 1. The molecule has 1 heterocycles. The molecule has 9 heavy (non-hydrogen) atoms. The minimum atomic E-state index is -0.694. The largest absolute Gasteiger partial charge is 0.366 e. The van der Waals surface area contributed by atoms with Gasteiger partial charge in [-0.05, 0) is 6.42 Å². The Kier molecular flexibility index (Phi) is 5.78. The van der Waals surface area contributed by atoms with E-state index in [9.17, 15) is 0 Å². The molecule has 1 fully saturated rings. The van der Waals surface area contributed by atoms with Crippen LogP contribution in [0.4, 0.5) is 0 Å². The van der Waals surface area contributed by atoms with Gasteiger partial charge in [0.1, 0.15) is 6.61 Å². The molecule has 2 unspecified atom stereocenters. The van der Waals surface area contributed by atoms with Gasteiger partial charge in [-0.1, -0.05) is 6.92 Å². The average molecular weight is 345 g/mol. The van der Waals surface area contributed by atoms with Gasteiger partial charge in [0.15, 0.2) is 12.6 Å². The maximum absolute atomic E-state index is 8.68. The quantitative estimate of drug-likeness (QED) is 0.732. The summed E-state index contributed by atoms with van der Waals surface area (Å²) in [7, 11) is 0. The fourth-order valence-electron chi connectivity index (χ4n) is 0.657. The molecule has 0 aromatic rings. The van der Waals surface area contributed by atoms with E-state index in [4.69, 9.17) is 14.6 Å². The molecule has 0 aromatic carbocycles. The van der Waals surface area contributed by atoms with Crippen molar-refractivity contribution >= 4 is 0 Å². The monoisotopic (exact) mass is 345 g/mol. The number of hydrogen-bond acceptors (Lipinski definition) is 3. The Bertz CT molecular complexity index is 78.6. The van der Waals surface area contributed by atoms with Gasteiger partial charge >= 0.3 is 0 Å². The molecule has 0 spiro atoms. The van der Waals surface area contributed by atoms with Crippen molar-refractivity contribution in [3.05, 3.63) is 0 Å². The fraction of sp³-hybridized carbons (Fsp3) is 1.00. The van der Waals surface area contributed by atoms with E-state index in [0.29, 0.717) is 6.61 Å². The fourth-order valence-corrected chi connectivity index (χ4v) is 0.657. The smallest absolute Gasteiger partial charge is 0.181 e. The molecule has 1 saturated heterocycles. The van der Waals surface area contributed by atoms with Gasteiger partial charge in [-0.25, -0.2) is 0 Å². The molecule has 1 aliphatic rings. The first-order valence-electron chi connectivity index (χ1n) is 2.78. The SMILES string of the molecule is CCC1OCC(O)O1.[Ac]. The summed E-state index contributed by atoms with van der Waals surface area (Å²) in [6, 6.07) is 0. The molecule has 1 aliphatic heterocycles. The van der Waals surface area contributed by atoms with Crippen LogP contribution in [0.25, 0.3) is 0 Å². The molecule has 0 amide bonds. The van der Waals surface area contributed by atoms with E-state index < -0.39 is 6.29 Å². The van der Waals surface area contributed by atoms with Gasteiger partial charge in [-0.3, -0.25) is 0 Å². The molecule has 51 valence electrons. The van der Waals surface area contributed by atoms with Crippen LogP contribution >= 0.6 is 0 Å². The van der Waals surface area contributed by atoms with Crippen LogP contribution in [0.3, 0.4) is 0 Å². The molecule has 0 aromatic heterocycles. The molecule has 1 radical (unpaired) electrons. The van der Waals surface area contributed by atoms with E-state index in [1.165, 1.54) is 0 Å². The van der Waals surface area contributed by atoms with Crippen LogP contribution in [0.1, 0.15) is 13.3 Å². The second-order valence-corrected chi connectivity index (χ2v) is 1.76. The Morgan fingerprint density at radius 3 is 2.56 bits per heavy atom. The van der Waals surface area contributed by atoms with Crippen LogP contribution in [0.5, 0.6) is 0 Å². The van der Waals surface area contributed by atoms with E-state index in [0.717, 1.165) is 6.42 Å². The minimum absolute atomic E-state index is 0. The van der Waals surface area contributed by atoms with Crippen molar-refractivity contribution in [2.24, 2.45) is 0 Å². The van der Waals surface area contributed by atoms with Gasteiger partial charge in [-0.2, -0.15) is 0 Å². The summed E-state index contributed by atoms with van der Waals surface area (Å²) in [6.45, 7) is 2.27. The molecule has 1 rings (SSSR count). The van der Waals surface area contributed by atoms with Crippen LogP contribution in [0, 0.1) is 44.1 Å². The predicted octanol–water partition coefficient (Wildman–Crippen LogP) is 0.0877. The van der Waals surface area contributed by atoms with Crippen LogP contribution in [0.15, 0.2) is 0 Å². The van der Waals surface area contributed by atoms with Crippen molar-refractivity contribution in [3.8, 4) is 0 Å². The van der Waals surface area contributed by atoms with Crippen LogP contribution in [-0.2, 0) is 9.47 Å². The summed E-state index contributed by atoms with van der Waals surface area (Å²) in [4.78, 5) is 0. The van der Waals surface area contributed by atoms with Crippen LogP contribution in [-0.4, -0.2) is 24.3 Å². The third-order valence-electron chi connectivity index (χ3n) is 1.07. The van der Waals surface area contributed by atoms with Gasteiger partial charge < -0.3 is 14.6 Å². The molecule has 0 bridgehead atoms. The van der Waals surface area contributed by atoms with E-state index in [2.05, 4.69) is 0 Å². The topological polar surface area (TPSA) is 38.7 Å². The molecular formula is C5H10AcO3. The van der Waals surface area contributed by atoms with Gasteiger partial charge in [0.2, 0.25) is 0 Å². The van der Waals surface area contributed by atoms with Gasteiger partial charge in [0.25, 0.3) is 0 Å². The average Bonchev–Trinajstić information content (AvgIpc) is 2.14. The molecule has 0 saturated carbocycles. The van der Waals surface area contributed by atoms with Crippen molar-refractivity contribution < 1.29 is 58.6 Å². The summed E-state index contributed by atoms with van der Waals surface area (Å²) in [5, 5.41) is 8.68. The van der Waals surface area contributed by atoms with Gasteiger partial charge in [0.05, 0.1) is 0 Å². The second kappa shape index (κ2) is 5.04. The zero-order valence-electron chi connectivity index (χ0n) is 5.41. The summed E-state index contributed by atoms with van der Waals surface area (Å²) in [5.41, 5.74) is 0. The summed E-state index contributed by atoms with van der Waals surface area (Å²) in [5.74, 6) is 0. The molecule has 4 heteroatoms. The first kappa shape index (κ1) is 10.3. The zero-order chi connectivity index (χ0) is 5.98. The second-order valence-electron chi connectivity index (χ2n) is 1.76. The number of aliphatic hydroxyl groups is 1. The van der Waals surface area contributed by atoms with Crippen molar-refractivity contribution in [2.75, 3.05) is 6.61 Å². The van der Waals surface area contributed by atoms with E-state index in [1.54, 1.807) is 0 Å². The number of ether oxygens (including phenoxy) is 2. The van der Waals surface area contributed by atoms with Gasteiger partial charge in [0, 0.05) is 44.1 Å².